The summed E-state index contributed by atoms with van der Waals surface area (Å²) in [4.78, 5) is 29.3. The van der Waals surface area contributed by atoms with E-state index in [9.17, 15) is 9.59 Å². The molecule has 1 saturated carbocycles. The first-order valence-corrected chi connectivity index (χ1v) is 13.4. The molecule has 0 unspecified atom stereocenters. The topological polar surface area (TPSA) is 49.4 Å². The highest BCUT2D eigenvalue weighted by atomic mass is 35.5. The normalized spacial score (nSPS) is 14.8. The molecule has 3 rings (SSSR count). The fourth-order valence-corrected chi connectivity index (χ4v) is 5.27. The molecule has 178 valence electrons. The van der Waals surface area contributed by atoms with Crippen molar-refractivity contribution in [3.8, 4) is 0 Å². The van der Waals surface area contributed by atoms with Gasteiger partial charge in [-0.1, -0.05) is 55.1 Å². The second-order valence-electron chi connectivity index (χ2n) is 8.47. The first-order valence-electron chi connectivity index (χ1n) is 11.7. The van der Waals surface area contributed by atoms with Crippen molar-refractivity contribution in [2.75, 3.05) is 5.75 Å². The second-order valence-corrected chi connectivity index (χ2v) is 10.5. The van der Waals surface area contributed by atoms with Crippen molar-refractivity contribution in [3.63, 3.8) is 0 Å². The minimum atomic E-state index is -0.474. The highest BCUT2D eigenvalue weighted by Gasteiger charge is 2.30. The van der Waals surface area contributed by atoms with E-state index in [0.717, 1.165) is 48.3 Å². The van der Waals surface area contributed by atoms with Crippen LogP contribution in [0.3, 0.4) is 0 Å². The van der Waals surface area contributed by atoms with Crippen LogP contribution < -0.4 is 5.32 Å². The molecule has 33 heavy (non-hydrogen) atoms. The fourth-order valence-electron chi connectivity index (χ4n) is 4.16. The molecule has 1 atom stereocenters. The number of carbonyl (C=O) groups excluding carboxylic acids is 2. The van der Waals surface area contributed by atoms with Gasteiger partial charge in [-0.2, -0.15) is 0 Å². The Morgan fingerprint density at radius 2 is 1.64 bits per heavy atom. The molecule has 7 heteroatoms. The molecule has 4 nitrogen and oxygen atoms in total. The predicted molar refractivity (Wildman–Crippen MR) is 138 cm³/mol. The maximum absolute atomic E-state index is 13.3. The molecule has 1 N–H and O–H groups in total. The summed E-state index contributed by atoms with van der Waals surface area (Å²) in [6.07, 6.45) is 6.08. The molecular weight excluding hydrogens is 475 g/mol. The first kappa shape index (κ1) is 25.9. The molecule has 0 spiro atoms. The van der Waals surface area contributed by atoms with E-state index in [1.54, 1.807) is 16.7 Å². The summed E-state index contributed by atoms with van der Waals surface area (Å²) in [5, 5.41) is 4.56. The van der Waals surface area contributed by atoms with Crippen LogP contribution in [0.4, 0.5) is 0 Å². The summed E-state index contributed by atoms with van der Waals surface area (Å²) in [7, 11) is 0. The van der Waals surface area contributed by atoms with Gasteiger partial charge in [0.25, 0.3) is 0 Å². The van der Waals surface area contributed by atoms with Gasteiger partial charge in [-0.15, -0.1) is 11.8 Å². The van der Waals surface area contributed by atoms with Crippen LogP contribution in [0.15, 0.2) is 53.4 Å². The second kappa shape index (κ2) is 13.3. The summed E-state index contributed by atoms with van der Waals surface area (Å²) in [6, 6.07) is 15.0. The lowest BCUT2D eigenvalue weighted by Gasteiger charge is -2.31. The Kier molecular flexibility index (Phi) is 10.4. The average molecular weight is 508 g/mol. The van der Waals surface area contributed by atoms with Crippen molar-refractivity contribution in [1.82, 2.24) is 10.2 Å². The molecule has 0 aliphatic heterocycles. The Hall–Kier alpha value is -1.69. The van der Waals surface area contributed by atoms with Gasteiger partial charge in [0, 0.05) is 33.9 Å². The minimum Gasteiger partial charge on any atom is -0.352 e. The zero-order valence-electron chi connectivity index (χ0n) is 19.1. The number of hydrogen-bond donors (Lipinski definition) is 1. The third kappa shape index (κ3) is 8.24. The van der Waals surface area contributed by atoms with Gasteiger partial charge in [0.1, 0.15) is 6.04 Å². The number of benzene rings is 2. The Labute approximate surface area is 211 Å². The van der Waals surface area contributed by atoms with Gasteiger partial charge in [0.2, 0.25) is 11.8 Å². The van der Waals surface area contributed by atoms with Gasteiger partial charge in [-0.05, 0) is 73.4 Å². The van der Waals surface area contributed by atoms with Crippen LogP contribution in [-0.2, 0) is 16.1 Å². The van der Waals surface area contributed by atoms with Crippen molar-refractivity contribution < 1.29 is 9.59 Å². The molecule has 0 heterocycles. The van der Waals surface area contributed by atoms with Gasteiger partial charge in [-0.25, -0.2) is 0 Å². The molecule has 1 aliphatic rings. The molecule has 2 aromatic rings. The van der Waals surface area contributed by atoms with Gasteiger partial charge < -0.3 is 10.2 Å². The molecule has 2 aromatic carbocycles. The summed E-state index contributed by atoms with van der Waals surface area (Å²) < 4.78 is 0. The van der Waals surface area contributed by atoms with Gasteiger partial charge in [-0.3, -0.25) is 9.59 Å². The van der Waals surface area contributed by atoms with E-state index in [2.05, 4.69) is 5.32 Å². The number of carbonyl (C=O) groups is 2. The standard InChI is InChI=1S/C26H32Cl2N2O2S/c1-2-24(26(32)29-22-6-3-4-7-22)30(18-19-9-11-20(27)12-10-19)25(31)8-5-17-33-23-15-13-21(28)14-16-23/h9-16,22,24H,2-8,17-18H2,1H3,(H,29,32)/t24-/m0/s1. The highest BCUT2D eigenvalue weighted by molar-refractivity contribution is 7.99. The Morgan fingerprint density at radius 1 is 1.03 bits per heavy atom. The van der Waals surface area contributed by atoms with Crippen molar-refractivity contribution >= 4 is 46.8 Å². The van der Waals surface area contributed by atoms with E-state index < -0.39 is 6.04 Å². The Morgan fingerprint density at radius 3 is 2.24 bits per heavy atom. The average Bonchev–Trinajstić information content (AvgIpc) is 3.32. The Bertz CT molecular complexity index is 900. The van der Waals surface area contributed by atoms with Crippen LogP contribution in [-0.4, -0.2) is 34.6 Å². The molecule has 1 fully saturated rings. The van der Waals surface area contributed by atoms with E-state index in [1.807, 2.05) is 55.5 Å². The largest absolute Gasteiger partial charge is 0.352 e. The quantitative estimate of drug-likeness (QED) is 0.271. The summed E-state index contributed by atoms with van der Waals surface area (Å²) in [5.74, 6) is 0.796. The van der Waals surface area contributed by atoms with Gasteiger partial charge >= 0.3 is 0 Å². The minimum absolute atomic E-state index is 0.00933. The van der Waals surface area contributed by atoms with E-state index in [1.165, 1.54) is 0 Å². The lowest BCUT2D eigenvalue weighted by molar-refractivity contribution is -0.141. The predicted octanol–water partition coefficient (Wildman–Crippen LogP) is 6.73. The number of halogens is 2. The highest BCUT2D eigenvalue weighted by Crippen LogP contribution is 2.23. The smallest absolute Gasteiger partial charge is 0.243 e. The zero-order valence-corrected chi connectivity index (χ0v) is 21.4. The molecule has 0 aromatic heterocycles. The lowest BCUT2D eigenvalue weighted by atomic mass is 10.1. The van der Waals surface area contributed by atoms with Crippen LogP contribution in [0.1, 0.15) is 57.4 Å². The van der Waals surface area contributed by atoms with Crippen LogP contribution in [0.2, 0.25) is 10.0 Å². The van der Waals surface area contributed by atoms with Crippen LogP contribution in [0.25, 0.3) is 0 Å². The first-order chi connectivity index (χ1) is 16.0. The Balaban J connectivity index is 1.63. The van der Waals surface area contributed by atoms with Gasteiger partial charge in [0.15, 0.2) is 0 Å². The SMILES string of the molecule is CC[C@@H](C(=O)NC1CCCC1)N(Cc1ccc(Cl)cc1)C(=O)CCCSc1ccc(Cl)cc1. The fraction of sp³-hybridized carbons (Fsp3) is 0.462. The molecule has 0 bridgehead atoms. The van der Waals surface area contributed by atoms with Crippen LogP contribution in [0.5, 0.6) is 0 Å². The lowest BCUT2D eigenvalue weighted by Crippen LogP contribution is -2.50. The van der Waals surface area contributed by atoms with Crippen molar-refractivity contribution in [2.24, 2.45) is 0 Å². The van der Waals surface area contributed by atoms with E-state index in [4.69, 9.17) is 23.2 Å². The summed E-state index contributed by atoms with van der Waals surface area (Å²) in [5.41, 5.74) is 0.968. The van der Waals surface area contributed by atoms with E-state index >= 15 is 0 Å². The third-order valence-electron chi connectivity index (χ3n) is 5.97. The number of amides is 2. The monoisotopic (exact) mass is 506 g/mol. The van der Waals surface area contributed by atoms with Crippen LogP contribution in [0, 0.1) is 0 Å². The molecule has 0 saturated heterocycles. The molecular formula is C26H32Cl2N2O2S. The van der Waals surface area contributed by atoms with E-state index in [-0.39, 0.29) is 17.9 Å². The maximum Gasteiger partial charge on any atom is 0.243 e. The maximum atomic E-state index is 13.3. The van der Waals surface area contributed by atoms with Crippen LogP contribution >= 0.6 is 35.0 Å². The van der Waals surface area contributed by atoms with E-state index in [0.29, 0.717) is 29.4 Å². The number of nitrogens with zero attached hydrogens (tertiary/aromatic N) is 1. The third-order valence-corrected chi connectivity index (χ3v) is 7.57. The van der Waals surface area contributed by atoms with Crippen molar-refractivity contribution in [1.29, 1.82) is 0 Å². The summed E-state index contributed by atoms with van der Waals surface area (Å²) >= 11 is 13.7. The van der Waals surface area contributed by atoms with Crippen molar-refractivity contribution in [3.05, 3.63) is 64.1 Å². The molecule has 1 aliphatic carbocycles. The summed E-state index contributed by atoms with van der Waals surface area (Å²) in [6.45, 7) is 2.37. The number of nitrogens with one attached hydrogen (secondary N) is 1. The van der Waals surface area contributed by atoms with Gasteiger partial charge in [0.05, 0.1) is 0 Å². The van der Waals surface area contributed by atoms with Crippen molar-refractivity contribution in [2.45, 2.75) is 75.4 Å². The zero-order chi connectivity index (χ0) is 23.6. The molecule has 0 radical (unpaired) electrons. The number of hydrogen-bond acceptors (Lipinski definition) is 3. The number of thioether (sulfide) groups is 1. The molecule has 2 amide bonds. The number of rotatable bonds is 11.